The Morgan fingerprint density at radius 1 is 1.50 bits per heavy atom. The summed E-state index contributed by atoms with van der Waals surface area (Å²) in [6.45, 7) is 4.45. The van der Waals surface area contributed by atoms with E-state index in [1.807, 2.05) is 19.9 Å². The first-order valence-corrected chi connectivity index (χ1v) is 5.98. The molecule has 1 aromatic carbocycles. The zero-order chi connectivity index (χ0) is 13.5. The van der Waals surface area contributed by atoms with E-state index in [4.69, 9.17) is 10.4 Å². The molecular weight excluding hydrogens is 228 g/mol. The Kier molecular flexibility index (Phi) is 5.34. The third kappa shape index (κ3) is 4.56. The molecule has 0 radical (unpaired) electrons. The quantitative estimate of drug-likeness (QED) is 0.806. The number of rotatable bonds is 6. The van der Waals surface area contributed by atoms with Crippen LogP contribution in [0.2, 0.25) is 0 Å². The molecule has 1 atom stereocenters. The van der Waals surface area contributed by atoms with E-state index in [9.17, 15) is 4.79 Å². The third-order valence-electron chi connectivity index (χ3n) is 2.61. The van der Waals surface area contributed by atoms with Crippen LogP contribution < -0.4 is 5.32 Å². The average Bonchev–Trinajstić information content (AvgIpc) is 2.34. The Labute approximate surface area is 107 Å². The summed E-state index contributed by atoms with van der Waals surface area (Å²) in [4.78, 5) is 11.1. The van der Waals surface area contributed by atoms with Crippen LogP contribution in [0.1, 0.15) is 31.4 Å². The lowest BCUT2D eigenvalue weighted by Gasteiger charge is -2.16. The Morgan fingerprint density at radius 3 is 2.78 bits per heavy atom. The van der Waals surface area contributed by atoms with Crippen molar-refractivity contribution in [2.75, 3.05) is 0 Å². The molecule has 0 fully saturated rings. The van der Waals surface area contributed by atoms with E-state index in [1.54, 1.807) is 18.2 Å². The highest BCUT2D eigenvalue weighted by Gasteiger charge is 2.17. The average molecular weight is 246 g/mol. The van der Waals surface area contributed by atoms with Crippen molar-refractivity contribution < 1.29 is 9.90 Å². The van der Waals surface area contributed by atoms with Gasteiger partial charge >= 0.3 is 5.97 Å². The monoisotopic (exact) mass is 246 g/mol. The number of benzene rings is 1. The minimum atomic E-state index is -0.833. The first kappa shape index (κ1) is 14.2. The van der Waals surface area contributed by atoms with Crippen molar-refractivity contribution in [1.29, 1.82) is 5.26 Å². The van der Waals surface area contributed by atoms with Gasteiger partial charge in [0.15, 0.2) is 0 Å². The molecule has 1 aromatic rings. The van der Waals surface area contributed by atoms with Crippen LogP contribution in [0.5, 0.6) is 0 Å². The van der Waals surface area contributed by atoms with Crippen molar-refractivity contribution in [3.05, 3.63) is 35.4 Å². The van der Waals surface area contributed by atoms with E-state index in [1.165, 1.54) is 0 Å². The first-order chi connectivity index (χ1) is 8.52. The molecule has 0 bridgehead atoms. The maximum absolute atomic E-state index is 11.1. The van der Waals surface area contributed by atoms with Crippen LogP contribution in [0, 0.1) is 17.2 Å². The van der Waals surface area contributed by atoms with Crippen LogP contribution in [0.15, 0.2) is 24.3 Å². The van der Waals surface area contributed by atoms with Crippen LogP contribution in [-0.2, 0) is 11.3 Å². The van der Waals surface area contributed by atoms with Gasteiger partial charge in [-0.1, -0.05) is 26.0 Å². The fourth-order valence-corrected chi connectivity index (χ4v) is 1.73. The Bertz CT molecular complexity index is 449. The van der Waals surface area contributed by atoms with Gasteiger partial charge in [-0.15, -0.1) is 0 Å². The van der Waals surface area contributed by atoms with E-state index in [2.05, 4.69) is 11.4 Å². The SMILES string of the molecule is CC(C)C[C@H](NCc1cccc(C#N)c1)C(=O)O. The van der Waals surface area contributed by atoms with Crippen molar-refractivity contribution in [1.82, 2.24) is 5.32 Å². The van der Waals surface area contributed by atoms with E-state index in [0.717, 1.165) is 5.56 Å². The lowest BCUT2D eigenvalue weighted by molar-refractivity contribution is -0.140. The summed E-state index contributed by atoms with van der Waals surface area (Å²) >= 11 is 0. The summed E-state index contributed by atoms with van der Waals surface area (Å²) in [5.74, 6) is -0.510. The van der Waals surface area contributed by atoms with Gasteiger partial charge in [-0.25, -0.2) is 0 Å². The molecule has 0 saturated carbocycles. The largest absolute Gasteiger partial charge is 0.480 e. The molecular formula is C14H18N2O2. The van der Waals surface area contributed by atoms with Gasteiger partial charge in [0.25, 0.3) is 0 Å². The minimum Gasteiger partial charge on any atom is -0.480 e. The van der Waals surface area contributed by atoms with Crippen LogP contribution in [0.4, 0.5) is 0 Å². The Hall–Kier alpha value is -1.86. The summed E-state index contributed by atoms with van der Waals surface area (Å²) in [5.41, 5.74) is 1.51. The number of nitriles is 1. The van der Waals surface area contributed by atoms with Crippen molar-refractivity contribution in [3.8, 4) is 6.07 Å². The van der Waals surface area contributed by atoms with E-state index >= 15 is 0 Å². The highest BCUT2D eigenvalue weighted by molar-refractivity contribution is 5.73. The number of hydrogen-bond donors (Lipinski definition) is 2. The van der Waals surface area contributed by atoms with Crippen molar-refractivity contribution in [2.24, 2.45) is 5.92 Å². The highest BCUT2D eigenvalue weighted by Crippen LogP contribution is 2.08. The maximum Gasteiger partial charge on any atom is 0.320 e. The number of aliphatic carboxylic acids is 1. The molecule has 0 aliphatic carbocycles. The molecule has 4 nitrogen and oxygen atoms in total. The molecule has 0 saturated heterocycles. The van der Waals surface area contributed by atoms with Crippen LogP contribution >= 0.6 is 0 Å². The van der Waals surface area contributed by atoms with Crippen LogP contribution in [-0.4, -0.2) is 17.1 Å². The molecule has 1 rings (SSSR count). The summed E-state index contributed by atoms with van der Waals surface area (Å²) in [7, 11) is 0. The number of carbonyl (C=O) groups is 1. The molecule has 0 aromatic heterocycles. The molecule has 0 amide bonds. The number of nitrogens with one attached hydrogen (secondary N) is 1. The normalized spacial score (nSPS) is 12.1. The topological polar surface area (TPSA) is 73.1 Å². The molecule has 0 spiro atoms. The molecule has 0 aliphatic rings. The van der Waals surface area contributed by atoms with Gasteiger partial charge in [0, 0.05) is 6.54 Å². The van der Waals surface area contributed by atoms with Gasteiger partial charge in [0.2, 0.25) is 0 Å². The van der Waals surface area contributed by atoms with Gasteiger partial charge in [0.1, 0.15) is 6.04 Å². The lowest BCUT2D eigenvalue weighted by Crippen LogP contribution is -2.37. The molecule has 4 heteroatoms. The number of hydrogen-bond acceptors (Lipinski definition) is 3. The predicted molar refractivity (Wildman–Crippen MR) is 68.9 cm³/mol. The van der Waals surface area contributed by atoms with E-state index < -0.39 is 12.0 Å². The van der Waals surface area contributed by atoms with E-state index in [-0.39, 0.29) is 0 Å². The Morgan fingerprint density at radius 2 is 2.22 bits per heavy atom. The van der Waals surface area contributed by atoms with E-state index in [0.29, 0.717) is 24.4 Å². The maximum atomic E-state index is 11.1. The molecule has 96 valence electrons. The fourth-order valence-electron chi connectivity index (χ4n) is 1.73. The zero-order valence-corrected chi connectivity index (χ0v) is 10.7. The second-order valence-electron chi connectivity index (χ2n) is 4.71. The van der Waals surface area contributed by atoms with Gasteiger partial charge < -0.3 is 10.4 Å². The third-order valence-corrected chi connectivity index (χ3v) is 2.61. The predicted octanol–water partition coefficient (Wildman–Crippen LogP) is 2.15. The van der Waals surface area contributed by atoms with Gasteiger partial charge in [0.05, 0.1) is 11.6 Å². The van der Waals surface area contributed by atoms with Crippen LogP contribution in [0.3, 0.4) is 0 Å². The van der Waals surface area contributed by atoms with Crippen molar-refractivity contribution in [3.63, 3.8) is 0 Å². The molecule has 2 N–H and O–H groups in total. The number of nitrogens with zero attached hydrogens (tertiary/aromatic N) is 1. The highest BCUT2D eigenvalue weighted by atomic mass is 16.4. The number of carboxylic acids is 1. The van der Waals surface area contributed by atoms with Gasteiger partial charge in [-0.3, -0.25) is 4.79 Å². The zero-order valence-electron chi connectivity index (χ0n) is 10.7. The molecule has 0 unspecified atom stereocenters. The summed E-state index contributed by atoms with van der Waals surface area (Å²) in [6.07, 6.45) is 0.591. The minimum absolute atomic E-state index is 0.323. The smallest absolute Gasteiger partial charge is 0.320 e. The molecule has 0 aliphatic heterocycles. The standard InChI is InChI=1S/C14H18N2O2/c1-10(2)6-13(14(17)18)16-9-12-5-3-4-11(7-12)8-15/h3-5,7,10,13,16H,6,9H2,1-2H3,(H,17,18)/t13-/m0/s1. The first-order valence-electron chi connectivity index (χ1n) is 5.98. The van der Waals surface area contributed by atoms with Gasteiger partial charge in [-0.05, 0) is 30.0 Å². The summed E-state index contributed by atoms with van der Waals surface area (Å²) < 4.78 is 0. The fraction of sp³-hybridized carbons (Fsp3) is 0.429. The molecule has 0 heterocycles. The molecule has 18 heavy (non-hydrogen) atoms. The second kappa shape index (κ2) is 6.77. The van der Waals surface area contributed by atoms with Crippen molar-refractivity contribution >= 4 is 5.97 Å². The lowest BCUT2D eigenvalue weighted by atomic mass is 10.0. The van der Waals surface area contributed by atoms with Crippen LogP contribution in [0.25, 0.3) is 0 Å². The summed E-state index contributed by atoms with van der Waals surface area (Å²) in [6, 6.07) is 8.69. The summed E-state index contributed by atoms with van der Waals surface area (Å²) in [5, 5.41) is 20.9. The Balaban J connectivity index is 2.61. The van der Waals surface area contributed by atoms with Crippen molar-refractivity contribution in [2.45, 2.75) is 32.9 Å². The number of carboxylic acid groups (broad SMARTS) is 1. The second-order valence-corrected chi connectivity index (χ2v) is 4.71. The van der Waals surface area contributed by atoms with Gasteiger partial charge in [-0.2, -0.15) is 5.26 Å².